The first-order valence-electron chi connectivity index (χ1n) is 7.57. The van der Waals surface area contributed by atoms with Crippen LogP contribution in [-0.2, 0) is 20.7 Å². The van der Waals surface area contributed by atoms with E-state index in [2.05, 4.69) is 5.32 Å². The summed E-state index contributed by atoms with van der Waals surface area (Å²) in [5.41, 5.74) is 6.43. The summed E-state index contributed by atoms with van der Waals surface area (Å²) in [6, 6.07) is 4.81. The maximum absolute atomic E-state index is 11.3. The van der Waals surface area contributed by atoms with Crippen molar-refractivity contribution < 1.29 is 24.3 Å². The molecule has 0 bridgehead atoms. The molecule has 0 heterocycles. The minimum Gasteiger partial charge on any atom is -0.480 e. The summed E-state index contributed by atoms with van der Waals surface area (Å²) in [5, 5.41) is 22.7. The lowest BCUT2D eigenvalue weighted by molar-refractivity contribution is -0.384. The number of non-ortho nitro benzene ring substituents is 1. The zero-order valence-corrected chi connectivity index (χ0v) is 13.5. The van der Waals surface area contributed by atoms with Crippen LogP contribution in [0.25, 0.3) is 0 Å². The van der Waals surface area contributed by atoms with Crippen LogP contribution in [0.4, 0.5) is 5.69 Å². The number of ether oxygens (including phenoxy) is 2. The average molecular weight is 341 g/mol. The van der Waals surface area contributed by atoms with Gasteiger partial charge in [0, 0.05) is 18.7 Å². The Kier molecular flexibility index (Phi) is 8.87. The highest BCUT2D eigenvalue weighted by Crippen LogP contribution is 2.13. The molecule has 2 unspecified atom stereocenters. The van der Waals surface area contributed by atoms with E-state index in [1.54, 1.807) is 0 Å². The Morgan fingerprint density at radius 3 is 2.50 bits per heavy atom. The predicted octanol–water partition coefficient (Wildman–Crippen LogP) is 0.518. The van der Waals surface area contributed by atoms with Gasteiger partial charge in [0.2, 0.25) is 0 Å². The highest BCUT2D eigenvalue weighted by Gasteiger charge is 2.20. The number of carboxylic acids is 1. The zero-order valence-electron chi connectivity index (χ0n) is 13.5. The second kappa shape index (κ2) is 10.7. The van der Waals surface area contributed by atoms with Crippen molar-refractivity contribution in [3.05, 3.63) is 39.9 Å². The summed E-state index contributed by atoms with van der Waals surface area (Å²) in [6.07, 6.45) is -0.495. The van der Waals surface area contributed by atoms with Gasteiger partial charge < -0.3 is 20.3 Å². The van der Waals surface area contributed by atoms with Gasteiger partial charge in [-0.3, -0.25) is 20.2 Å². The third-order valence-corrected chi connectivity index (χ3v) is 3.17. The van der Waals surface area contributed by atoms with Crippen molar-refractivity contribution in [3.8, 4) is 0 Å². The van der Waals surface area contributed by atoms with Crippen molar-refractivity contribution in [2.75, 3.05) is 26.4 Å². The quantitative estimate of drug-likeness (QED) is 0.216. The van der Waals surface area contributed by atoms with E-state index in [0.29, 0.717) is 25.4 Å². The Morgan fingerprint density at radius 2 is 1.96 bits per heavy atom. The van der Waals surface area contributed by atoms with E-state index in [9.17, 15) is 20.0 Å². The molecule has 0 radical (unpaired) electrons. The average Bonchev–Trinajstić information content (AvgIpc) is 2.54. The van der Waals surface area contributed by atoms with Crippen LogP contribution in [0.1, 0.15) is 12.5 Å². The second-order valence-electron chi connectivity index (χ2n) is 5.06. The lowest BCUT2D eigenvalue weighted by Crippen LogP contribution is -2.51. The van der Waals surface area contributed by atoms with E-state index in [1.165, 1.54) is 24.3 Å². The van der Waals surface area contributed by atoms with Crippen molar-refractivity contribution in [2.24, 2.45) is 5.73 Å². The van der Waals surface area contributed by atoms with Gasteiger partial charge in [0.1, 0.15) is 6.04 Å². The third-order valence-electron chi connectivity index (χ3n) is 3.17. The molecule has 0 aliphatic carbocycles. The van der Waals surface area contributed by atoms with Crippen LogP contribution in [0, 0.1) is 10.1 Å². The van der Waals surface area contributed by atoms with Crippen molar-refractivity contribution >= 4 is 11.7 Å². The van der Waals surface area contributed by atoms with E-state index in [4.69, 9.17) is 15.2 Å². The summed E-state index contributed by atoms with van der Waals surface area (Å²) >= 11 is 0. The lowest BCUT2D eigenvalue weighted by atomic mass is 10.1. The predicted molar refractivity (Wildman–Crippen MR) is 86.6 cm³/mol. The molecule has 0 aromatic heterocycles. The van der Waals surface area contributed by atoms with E-state index in [1.807, 2.05) is 6.92 Å². The van der Waals surface area contributed by atoms with Crippen LogP contribution >= 0.6 is 0 Å². The van der Waals surface area contributed by atoms with Crippen molar-refractivity contribution in [1.82, 2.24) is 5.32 Å². The monoisotopic (exact) mass is 341 g/mol. The molecule has 24 heavy (non-hydrogen) atoms. The number of carbonyl (C=O) groups is 1. The minimum absolute atomic E-state index is 0.0435. The molecule has 1 aromatic rings. The molecule has 0 aliphatic heterocycles. The highest BCUT2D eigenvalue weighted by atomic mass is 16.6. The SMILES string of the molecule is CCOCCOCC(N)NC(Cc1ccc([N+](=O)[O-])cc1)C(=O)O. The summed E-state index contributed by atoms with van der Waals surface area (Å²) < 4.78 is 10.4. The Hall–Kier alpha value is -2.07. The first kappa shape index (κ1) is 20.0. The fraction of sp³-hybridized carbons (Fsp3) is 0.533. The molecule has 1 aromatic carbocycles. The Morgan fingerprint density at radius 1 is 1.33 bits per heavy atom. The molecule has 0 amide bonds. The van der Waals surface area contributed by atoms with Crippen LogP contribution in [0.15, 0.2) is 24.3 Å². The first-order chi connectivity index (χ1) is 11.4. The number of nitro groups is 1. The number of nitrogens with one attached hydrogen (secondary N) is 1. The molecular formula is C15H23N3O6. The molecule has 0 saturated carbocycles. The molecular weight excluding hydrogens is 318 g/mol. The van der Waals surface area contributed by atoms with Gasteiger partial charge >= 0.3 is 5.97 Å². The summed E-state index contributed by atoms with van der Waals surface area (Å²) in [4.78, 5) is 21.4. The number of rotatable bonds is 12. The van der Waals surface area contributed by atoms with E-state index in [0.717, 1.165) is 0 Å². The second-order valence-corrected chi connectivity index (χ2v) is 5.06. The Labute approximate surface area is 139 Å². The Bertz CT molecular complexity index is 522. The molecule has 2 atom stereocenters. The standard InChI is InChI=1S/C15H23N3O6/c1-2-23-7-8-24-10-14(16)17-13(15(19)20)9-11-3-5-12(6-4-11)18(21)22/h3-6,13-14,17H,2,7-10,16H2,1H3,(H,19,20). The van der Waals surface area contributed by atoms with E-state index >= 15 is 0 Å². The number of nitrogens with two attached hydrogens (primary N) is 1. The number of hydrogen-bond acceptors (Lipinski definition) is 7. The van der Waals surface area contributed by atoms with Crippen molar-refractivity contribution in [2.45, 2.75) is 25.6 Å². The number of aliphatic carboxylic acids is 1. The van der Waals surface area contributed by atoms with Crippen LogP contribution in [0.2, 0.25) is 0 Å². The van der Waals surface area contributed by atoms with Crippen LogP contribution in [-0.4, -0.2) is 54.6 Å². The number of nitro benzene ring substituents is 1. The number of carboxylic acid groups (broad SMARTS) is 1. The number of nitrogens with zero attached hydrogens (tertiary/aromatic N) is 1. The minimum atomic E-state index is -1.06. The molecule has 0 aliphatic rings. The molecule has 0 spiro atoms. The lowest BCUT2D eigenvalue weighted by Gasteiger charge is -2.20. The van der Waals surface area contributed by atoms with Gasteiger partial charge in [0.25, 0.3) is 5.69 Å². The number of hydrogen-bond donors (Lipinski definition) is 3. The molecule has 134 valence electrons. The fourth-order valence-electron chi connectivity index (χ4n) is 1.99. The summed E-state index contributed by atoms with van der Waals surface area (Å²) in [7, 11) is 0. The third kappa shape index (κ3) is 7.47. The van der Waals surface area contributed by atoms with Crippen molar-refractivity contribution in [1.29, 1.82) is 0 Å². The summed E-state index contributed by atoms with van der Waals surface area (Å²) in [6.45, 7) is 3.46. The molecule has 1 rings (SSSR count). The molecule has 0 fully saturated rings. The van der Waals surface area contributed by atoms with Gasteiger partial charge in [-0.25, -0.2) is 0 Å². The van der Waals surface area contributed by atoms with Crippen molar-refractivity contribution in [3.63, 3.8) is 0 Å². The smallest absolute Gasteiger partial charge is 0.321 e. The van der Waals surface area contributed by atoms with E-state index < -0.39 is 23.1 Å². The Balaban J connectivity index is 2.48. The van der Waals surface area contributed by atoms with Gasteiger partial charge in [-0.05, 0) is 18.9 Å². The van der Waals surface area contributed by atoms with Gasteiger partial charge in [0.15, 0.2) is 0 Å². The maximum Gasteiger partial charge on any atom is 0.321 e. The highest BCUT2D eigenvalue weighted by molar-refractivity contribution is 5.74. The fourth-order valence-corrected chi connectivity index (χ4v) is 1.99. The van der Waals surface area contributed by atoms with Crippen LogP contribution in [0.5, 0.6) is 0 Å². The number of benzene rings is 1. The van der Waals surface area contributed by atoms with Gasteiger partial charge in [0.05, 0.1) is 30.9 Å². The molecule has 9 nitrogen and oxygen atoms in total. The van der Waals surface area contributed by atoms with Gasteiger partial charge in [-0.1, -0.05) is 12.1 Å². The van der Waals surface area contributed by atoms with Crippen LogP contribution in [0.3, 0.4) is 0 Å². The molecule has 0 saturated heterocycles. The van der Waals surface area contributed by atoms with E-state index in [-0.39, 0.29) is 18.7 Å². The normalized spacial score (nSPS) is 13.4. The first-order valence-corrected chi connectivity index (χ1v) is 7.57. The van der Waals surface area contributed by atoms with Crippen LogP contribution < -0.4 is 11.1 Å². The molecule has 4 N–H and O–H groups in total. The largest absolute Gasteiger partial charge is 0.480 e. The summed E-state index contributed by atoms with van der Waals surface area (Å²) in [5.74, 6) is -1.06. The zero-order chi connectivity index (χ0) is 17.9. The molecule has 9 heteroatoms. The topological polar surface area (TPSA) is 137 Å². The maximum atomic E-state index is 11.3. The van der Waals surface area contributed by atoms with Gasteiger partial charge in [-0.15, -0.1) is 0 Å². The van der Waals surface area contributed by atoms with Gasteiger partial charge in [-0.2, -0.15) is 0 Å².